The molecule has 1 saturated heterocycles. The normalized spacial score (nSPS) is 18.1. The van der Waals surface area contributed by atoms with Crippen LogP contribution in [0, 0.1) is 16.7 Å². The maximum atomic E-state index is 9.30. The number of nitriles is 1. The summed E-state index contributed by atoms with van der Waals surface area (Å²) in [7, 11) is 0. The van der Waals surface area contributed by atoms with Gasteiger partial charge in [-0.15, -0.1) is 11.6 Å². The Kier molecular flexibility index (Phi) is 4.37. The molecule has 2 rings (SSSR count). The molecule has 1 aromatic rings. The Balaban J connectivity index is 2.18. The van der Waals surface area contributed by atoms with E-state index in [2.05, 4.69) is 24.8 Å². The second-order valence-corrected chi connectivity index (χ2v) is 6.02. The molecule has 1 aromatic carbocycles. The number of anilines is 1. The zero-order valence-corrected chi connectivity index (χ0v) is 12.5. The third-order valence-electron chi connectivity index (χ3n) is 4.50. The van der Waals surface area contributed by atoms with Crippen molar-refractivity contribution < 1.29 is 0 Å². The van der Waals surface area contributed by atoms with Crippen molar-refractivity contribution in [3.05, 3.63) is 29.3 Å². The van der Waals surface area contributed by atoms with Crippen molar-refractivity contribution in [1.29, 1.82) is 5.26 Å². The SMILES string of the molecule is CCC1(C)CCN(c2ccc(CCl)cc2C#N)CC1. The highest BCUT2D eigenvalue weighted by atomic mass is 35.5. The lowest BCUT2D eigenvalue weighted by atomic mass is 9.78. The number of alkyl halides is 1. The second kappa shape index (κ2) is 5.84. The molecule has 0 aliphatic carbocycles. The topological polar surface area (TPSA) is 27.0 Å². The predicted molar refractivity (Wildman–Crippen MR) is 80.6 cm³/mol. The molecular weight excluding hydrogens is 256 g/mol. The van der Waals surface area contributed by atoms with Crippen molar-refractivity contribution in [3.63, 3.8) is 0 Å². The van der Waals surface area contributed by atoms with Crippen LogP contribution < -0.4 is 4.90 Å². The van der Waals surface area contributed by atoms with Crippen LogP contribution in [0.4, 0.5) is 5.69 Å². The van der Waals surface area contributed by atoms with Gasteiger partial charge in [-0.3, -0.25) is 0 Å². The molecule has 3 heteroatoms. The van der Waals surface area contributed by atoms with E-state index in [-0.39, 0.29) is 0 Å². The van der Waals surface area contributed by atoms with Crippen molar-refractivity contribution >= 4 is 17.3 Å². The van der Waals surface area contributed by atoms with E-state index in [1.165, 1.54) is 19.3 Å². The highest BCUT2D eigenvalue weighted by Gasteiger charge is 2.29. The van der Waals surface area contributed by atoms with E-state index in [4.69, 9.17) is 11.6 Å². The molecule has 19 heavy (non-hydrogen) atoms. The van der Waals surface area contributed by atoms with Gasteiger partial charge in [0.05, 0.1) is 11.3 Å². The molecule has 0 N–H and O–H groups in total. The Bertz CT molecular complexity index is 482. The molecule has 2 nitrogen and oxygen atoms in total. The lowest BCUT2D eigenvalue weighted by Crippen LogP contribution is -2.38. The van der Waals surface area contributed by atoms with Gasteiger partial charge in [0.25, 0.3) is 0 Å². The molecule has 0 radical (unpaired) electrons. The van der Waals surface area contributed by atoms with Crippen LogP contribution in [0.1, 0.15) is 44.2 Å². The van der Waals surface area contributed by atoms with E-state index in [0.29, 0.717) is 11.3 Å². The van der Waals surface area contributed by atoms with Gasteiger partial charge < -0.3 is 4.90 Å². The standard InChI is InChI=1S/C16H21ClN2/c1-3-16(2)6-8-19(9-7-16)15-5-4-13(11-17)10-14(15)12-18/h4-5,10H,3,6-9,11H2,1-2H3. The summed E-state index contributed by atoms with van der Waals surface area (Å²) in [5.74, 6) is 0.461. The van der Waals surface area contributed by atoms with Gasteiger partial charge in [0.2, 0.25) is 0 Å². The smallest absolute Gasteiger partial charge is 0.101 e. The van der Waals surface area contributed by atoms with E-state index >= 15 is 0 Å². The first-order valence-electron chi connectivity index (χ1n) is 6.96. The Labute approximate surface area is 121 Å². The first-order valence-corrected chi connectivity index (χ1v) is 7.49. The first kappa shape index (κ1) is 14.2. The zero-order valence-electron chi connectivity index (χ0n) is 11.7. The van der Waals surface area contributed by atoms with Crippen LogP contribution in [0.5, 0.6) is 0 Å². The third kappa shape index (κ3) is 3.04. The summed E-state index contributed by atoms with van der Waals surface area (Å²) in [6.45, 7) is 6.72. The number of hydrogen-bond acceptors (Lipinski definition) is 2. The lowest BCUT2D eigenvalue weighted by Gasteiger charge is -2.40. The molecule has 0 saturated carbocycles. The van der Waals surface area contributed by atoms with Crippen molar-refractivity contribution in [2.24, 2.45) is 5.41 Å². The fourth-order valence-corrected chi connectivity index (χ4v) is 2.84. The monoisotopic (exact) mass is 276 g/mol. The molecular formula is C16H21ClN2. The zero-order chi connectivity index (χ0) is 13.9. The molecule has 0 amide bonds. The lowest BCUT2D eigenvalue weighted by molar-refractivity contribution is 0.238. The van der Waals surface area contributed by atoms with Gasteiger partial charge in [-0.2, -0.15) is 5.26 Å². The van der Waals surface area contributed by atoms with E-state index in [9.17, 15) is 5.26 Å². The van der Waals surface area contributed by atoms with Gasteiger partial charge in [0.15, 0.2) is 0 Å². The highest BCUT2D eigenvalue weighted by Crippen LogP contribution is 2.36. The predicted octanol–water partition coefficient (Wildman–Crippen LogP) is 4.31. The van der Waals surface area contributed by atoms with Gasteiger partial charge in [-0.05, 0) is 36.0 Å². The molecule has 102 valence electrons. The quantitative estimate of drug-likeness (QED) is 0.769. The molecule has 0 unspecified atom stereocenters. The Morgan fingerprint density at radius 1 is 1.37 bits per heavy atom. The molecule has 1 aliphatic rings. The summed E-state index contributed by atoms with van der Waals surface area (Å²) in [6, 6.07) is 8.29. The van der Waals surface area contributed by atoms with Crippen LogP contribution in [0.2, 0.25) is 0 Å². The summed E-state index contributed by atoms with van der Waals surface area (Å²) in [5.41, 5.74) is 3.30. The number of piperidine rings is 1. The van der Waals surface area contributed by atoms with Crippen molar-refractivity contribution in [2.45, 2.75) is 39.0 Å². The van der Waals surface area contributed by atoms with E-state index < -0.39 is 0 Å². The molecule has 1 fully saturated rings. The minimum atomic E-state index is 0.461. The van der Waals surface area contributed by atoms with Gasteiger partial charge in [-0.25, -0.2) is 0 Å². The number of hydrogen-bond donors (Lipinski definition) is 0. The molecule has 1 heterocycles. The van der Waals surface area contributed by atoms with Crippen LogP contribution in [0.25, 0.3) is 0 Å². The molecule has 0 bridgehead atoms. The van der Waals surface area contributed by atoms with Crippen LogP contribution in [-0.2, 0) is 5.88 Å². The highest BCUT2D eigenvalue weighted by molar-refractivity contribution is 6.17. The average molecular weight is 277 g/mol. The molecule has 0 spiro atoms. The van der Waals surface area contributed by atoms with Crippen molar-refractivity contribution in [2.75, 3.05) is 18.0 Å². The number of halogens is 1. The third-order valence-corrected chi connectivity index (χ3v) is 4.81. The second-order valence-electron chi connectivity index (χ2n) is 5.75. The fraction of sp³-hybridized carbons (Fsp3) is 0.562. The van der Waals surface area contributed by atoms with Crippen LogP contribution in [0.3, 0.4) is 0 Å². The number of benzene rings is 1. The van der Waals surface area contributed by atoms with E-state index in [0.717, 1.165) is 29.9 Å². The molecule has 1 aliphatic heterocycles. The van der Waals surface area contributed by atoms with Crippen LogP contribution in [-0.4, -0.2) is 13.1 Å². The first-order chi connectivity index (χ1) is 9.11. The Hall–Kier alpha value is -1.20. The van der Waals surface area contributed by atoms with Crippen molar-refractivity contribution in [3.8, 4) is 6.07 Å². The number of nitrogens with zero attached hydrogens (tertiary/aromatic N) is 2. The van der Waals surface area contributed by atoms with Crippen LogP contribution >= 0.6 is 11.6 Å². The Morgan fingerprint density at radius 3 is 2.58 bits per heavy atom. The summed E-state index contributed by atoms with van der Waals surface area (Å²) in [6.07, 6.45) is 3.63. The summed E-state index contributed by atoms with van der Waals surface area (Å²) >= 11 is 5.83. The maximum absolute atomic E-state index is 9.30. The molecule has 0 atom stereocenters. The minimum absolute atomic E-state index is 0.461. The average Bonchev–Trinajstić information content (AvgIpc) is 2.47. The fourth-order valence-electron chi connectivity index (χ4n) is 2.67. The van der Waals surface area contributed by atoms with Gasteiger partial charge in [0, 0.05) is 19.0 Å². The molecule has 0 aromatic heterocycles. The minimum Gasteiger partial charge on any atom is -0.370 e. The van der Waals surface area contributed by atoms with E-state index in [1.807, 2.05) is 18.2 Å². The Morgan fingerprint density at radius 2 is 2.05 bits per heavy atom. The van der Waals surface area contributed by atoms with Gasteiger partial charge in [-0.1, -0.05) is 26.3 Å². The van der Waals surface area contributed by atoms with Crippen LogP contribution in [0.15, 0.2) is 18.2 Å². The summed E-state index contributed by atoms with van der Waals surface area (Å²) < 4.78 is 0. The van der Waals surface area contributed by atoms with Gasteiger partial charge in [0.1, 0.15) is 6.07 Å². The number of rotatable bonds is 3. The van der Waals surface area contributed by atoms with E-state index in [1.54, 1.807) is 0 Å². The maximum Gasteiger partial charge on any atom is 0.101 e. The van der Waals surface area contributed by atoms with Gasteiger partial charge >= 0.3 is 0 Å². The summed E-state index contributed by atoms with van der Waals surface area (Å²) in [5, 5.41) is 9.30. The van der Waals surface area contributed by atoms with Crippen molar-refractivity contribution in [1.82, 2.24) is 0 Å². The largest absolute Gasteiger partial charge is 0.370 e. The summed E-state index contributed by atoms with van der Waals surface area (Å²) in [4.78, 5) is 2.34.